The van der Waals surface area contributed by atoms with Gasteiger partial charge >= 0.3 is 5.97 Å². The summed E-state index contributed by atoms with van der Waals surface area (Å²) in [6, 6.07) is 1.60. The molecule has 1 aromatic heterocycles. The molecule has 6 nitrogen and oxygen atoms in total. The number of aromatic nitrogens is 2. The average molecular weight is 225 g/mol. The summed E-state index contributed by atoms with van der Waals surface area (Å²) in [7, 11) is 5.18. The first-order chi connectivity index (χ1) is 7.63. The Labute approximate surface area is 94.2 Å². The van der Waals surface area contributed by atoms with E-state index in [1.54, 1.807) is 6.07 Å². The van der Waals surface area contributed by atoms with Crippen LogP contribution in [-0.4, -0.2) is 55.2 Å². The van der Waals surface area contributed by atoms with E-state index in [2.05, 4.69) is 14.7 Å². The topological polar surface area (TPSA) is 64.6 Å². The Balaban J connectivity index is 2.57. The maximum absolute atomic E-state index is 11.1. The van der Waals surface area contributed by atoms with E-state index in [0.717, 1.165) is 6.54 Å². The van der Waals surface area contributed by atoms with Gasteiger partial charge in [0.2, 0.25) is 11.7 Å². The van der Waals surface area contributed by atoms with Crippen molar-refractivity contribution in [2.75, 3.05) is 34.4 Å². The van der Waals surface area contributed by atoms with Crippen LogP contribution in [0.5, 0.6) is 5.88 Å². The number of hydrogen-bond acceptors (Lipinski definition) is 6. The molecule has 0 radical (unpaired) electrons. The number of likely N-dealkylation sites (N-methyl/N-ethyl adjacent to an activating group) is 1. The summed E-state index contributed by atoms with van der Waals surface area (Å²) in [4.78, 5) is 20.8. The minimum absolute atomic E-state index is 0.00449. The predicted molar refractivity (Wildman–Crippen MR) is 57.4 cm³/mol. The van der Waals surface area contributed by atoms with Gasteiger partial charge in [-0.1, -0.05) is 0 Å². The normalized spacial score (nSPS) is 10.2. The second kappa shape index (κ2) is 6.02. The Morgan fingerprint density at radius 1 is 1.50 bits per heavy atom. The van der Waals surface area contributed by atoms with Gasteiger partial charge in [-0.2, -0.15) is 4.98 Å². The zero-order chi connectivity index (χ0) is 12.0. The molecule has 0 aliphatic rings. The lowest BCUT2D eigenvalue weighted by atomic mass is 10.5. The number of esters is 1. The van der Waals surface area contributed by atoms with Crippen LogP contribution in [-0.2, 0) is 4.74 Å². The zero-order valence-electron chi connectivity index (χ0n) is 9.64. The van der Waals surface area contributed by atoms with E-state index in [0.29, 0.717) is 12.5 Å². The van der Waals surface area contributed by atoms with Gasteiger partial charge in [0.05, 0.1) is 7.11 Å². The van der Waals surface area contributed by atoms with Crippen LogP contribution in [0.2, 0.25) is 0 Å². The van der Waals surface area contributed by atoms with Crippen molar-refractivity contribution in [3.63, 3.8) is 0 Å². The molecule has 88 valence electrons. The summed E-state index contributed by atoms with van der Waals surface area (Å²) in [6.07, 6.45) is 1.46. The number of rotatable bonds is 5. The van der Waals surface area contributed by atoms with Gasteiger partial charge in [-0.15, -0.1) is 0 Å². The van der Waals surface area contributed by atoms with Crippen LogP contribution in [0.15, 0.2) is 12.3 Å². The predicted octanol–water partition coefficient (Wildman–Crippen LogP) is 0.204. The smallest absolute Gasteiger partial charge is 0.376 e. The molecule has 1 heterocycles. The van der Waals surface area contributed by atoms with Crippen LogP contribution in [0.4, 0.5) is 0 Å². The van der Waals surface area contributed by atoms with E-state index in [9.17, 15) is 4.79 Å². The lowest BCUT2D eigenvalue weighted by Gasteiger charge is -2.10. The highest BCUT2D eigenvalue weighted by molar-refractivity contribution is 5.84. The Kier molecular flexibility index (Phi) is 4.65. The molecule has 0 aliphatic heterocycles. The molecule has 0 spiro atoms. The summed E-state index contributed by atoms with van der Waals surface area (Å²) in [5, 5.41) is 0. The quantitative estimate of drug-likeness (QED) is 0.667. The Morgan fingerprint density at radius 2 is 2.25 bits per heavy atom. The van der Waals surface area contributed by atoms with Crippen LogP contribution < -0.4 is 4.74 Å². The van der Waals surface area contributed by atoms with E-state index in [-0.39, 0.29) is 5.82 Å². The molecule has 16 heavy (non-hydrogen) atoms. The Bertz CT molecular complexity index is 355. The van der Waals surface area contributed by atoms with Crippen LogP contribution in [0.3, 0.4) is 0 Å². The minimum atomic E-state index is -0.571. The standard InChI is InChI=1S/C10H15N3O3/c1-13(2)6-7-16-8-4-5-11-9(12-8)10(14)15-3/h4-5H,6-7H2,1-3H3. The molecule has 0 atom stereocenters. The first-order valence-electron chi connectivity index (χ1n) is 4.82. The SMILES string of the molecule is COC(=O)c1nccc(OCCN(C)C)n1. The average Bonchev–Trinajstić information content (AvgIpc) is 2.28. The molecule has 6 heteroatoms. The van der Waals surface area contributed by atoms with Gasteiger partial charge in [0.15, 0.2) is 0 Å². The first kappa shape index (κ1) is 12.4. The van der Waals surface area contributed by atoms with Gasteiger partial charge in [0.25, 0.3) is 0 Å². The molecule has 0 saturated carbocycles. The Morgan fingerprint density at radius 3 is 2.88 bits per heavy atom. The van der Waals surface area contributed by atoms with Crippen molar-refractivity contribution in [3.8, 4) is 5.88 Å². The van der Waals surface area contributed by atoms with Crippen molar-refractivity contribution in [3.05, 3.63) is 18.1 Å². The highest BCUT2D eigenvalue weighted by atomic mass is 16.5. The van der Waals surface area contributed by atoms with Gasteiger partial charge < -0.3 is 14.4 Å². The molecule has 0 unspecified atom stereocenters. The molecule has 0 bridgehead atoms. The molecule has 0 amide bonds. The minimum Gasteiger partial charge on any atom is -0.476 e. The van der Waals surface area contributed by atoms with Crippen LogP contribution >= 0.6 is 0 Å². The van der Waals surface area contributed by atoms with E-state index in [1.165, 1.54) is 13.3 Å². The maximum atomic E-state index is 11.1. The number of nitrogens with zero attached hydrogens (tertiary/aromatic N) is 3. The van der Waals surface area contributed by atoms with Crippen molar-refractivity contribution in [2.45, 2.75) is 0 Å². The van der Waals surface area contributed by atoms with Gasteiger partial charge in [-0.3, -0.25) is 0 Å². The van der Waals surface area contributed by atoms with Crippen molar-refractivity contribution >= 4 is 5.97 Å². The molecular weight excluding hydrogens is 210 g/mol. The van der Waals surface area contributed by atoms with Gasteiger partial charge in [-0.25, -0.2) is 9.78 Å². The highest BCUT2D eigenvalue weighted by Crippen LogP contribution is 2.05. The molecule has 1 rings (SSSR count). The van der Waals surface area contributed by atoms with Gasteiger partial charge in [-0.05, 0) is 14.1 Å². The molecular formula is C10H15N3O3. The second-order valence-corrected chi connectivity index (χ2v) is 3.36. The zero-order valence-corrected chi connectivity index (χ0v) is 9.64. The fraction of sp³-hybridized carbons (Fsp3) is 0.500. The number of hydrogen-bond donors (Lipinski definition) is 0. The first-order valence-corrected chi connectivity index (χ1v) is 4.82. The fourth-order valence-corrected chi connectivity index (χ4v) is 0.945. The summed E-state index contributed by atoms with van der Waals surface area (Å²) in [5.74, 6) is -0.194. The third-order valence-corrected chi connectivity index (χ3v) is 1.79. The molecule has 0 saturated heterocycles. The largest absolute Gasteiger partial charge is 0.476 e. The van der Waals surface area contributed by atoms with Crippen LogP contribution in [0.1, 0.15) is 10.6 Å². The highest BCUT2D eigenvalue weighted by Gasteiger charge is 2.09. The summed E-state index contributed by atoms with van der Waals surface area (Å²) in [5.41, 5.74) is 0. The molecule has 0 aliphatic carbocycles. The lowest BCUT2D eigenvalue weighted by Crippen LogP contribution is -2.20. The van der Waals surface area contributed by atoms with Gasteiger partial charge in [0, 0.05) is 18.8 Å². The monoisotopic (exact) mass is 225 g/mol. The van der Waals surface area contributed by atoms with E-state index in [1.807, 2.05) is 19.0 Å². The second-order valence-electron chi connectivity index (χ2n) is 3.36. The number of ether oxygens (including phenoxy) is 2. The Hall–Kier alpha value is -1.69. The molecule has 0 N–H and O–H groups in total. The fourth-order valence-electron chi connectivity index (χ4n) is 0.945. The molecule has 0 fully saturated rings. The number of carbonyl (C=O) groups is 1. The van der Waals surface area contributed by atoms with Crippen LogP contribution in [0, 0.1) is 0 Å². The summed E-state index contributed by atoms with van der Waals surface area (Å²) < 4.78 is 9.86. The van der Waals surface area contributed by atoms with E-state index in [4.69, 9.17) is 4.74 Å². The molecule has 0 aromatic carbocycles. The van der Waals surface area contributed by atoms with Crippen molar-refractivity contribution < 1.29 is 14.3 Å². The number of carbonyl (C=O) groups excluding carboxylic acids is 1. The summed E-state index contributed by atoms with van der Waals surface area (Å²) in [6.45, 7) is 1.28. The van der Waals surface area contributed by atoms with E-state index >= 15 is 0 Å². The third kappa shape index (κ3) is 3.82. The van der Waals surface area contributed by atoms with Crippen molar-refractivity contribution in [1.82, 2.24) is 14.9 Å². The van der Waals surface area contributed by atoms with Crippen LogP contribution in [0.25, 0.3) is 0 Å². The maximum Gasteiger partial charge on any atom is 0.376 e. The number of methoxy groups -OCH3 is 1. The molecule has 1 aromatic rings. The summed E-state index contributed by atoms with van der Waals surface area (Å²) >= 11 is 0. The van der Waals surface area contributed by atoms with Gasteiger partial charge in [0.1, 0.15) is 6.61 Å². The third-order valence-electron chi connectivity index (χ3n) is 1.79. The van der Waals surface area contributed by atoms with E-state index < -0.39 is 5.97 Å². The lowest BCUT2D eigenvalue weighted by molar-refractivity contribution is 0.0585. The van der Waals surface area contributed by atoms with Crippen molar-refractivity contribution in [1.29, 1.82) is 0 Å². The van der Waals surface area contributed by atoms with Crippen molar-refractivity contribution in [2.24, 2.45) is 0 Å².